The Bertz CT molecular complexity index is 602. The lowest BCUT2D eigenvalue weighted by molar-refractivity contribution is -0.121. The van der Waals surface area contributed by atoms with Gasteiger partial charge in [0.1, 0.15) is 0 Å². The highest BCUT2D eigenvalue weighted by atomic mass is 16.2. The number of hydrogen-bond acceptors (Lipinski definition) is 2. The molecule has 0 spiro atoms. The van der Waals surface area contributed by atoms with Gasteiger partial charge in [0.05, 0.1) is 0 Å². The Morgan fingerprint density at radius 3 is 2.38 bits per heavy atom. The van der Waals surface area contributed by atoms with Crippen molar-refractivity contribution in [3.05, 3.63) is 29.8 Å². The number of hydrogen-bond donors (Lipinski definition) is 2. The molecule has 0 atom stereocenters. The number of anilines is 1. The number of rotatable bonds is 4. The van der Waals surface area contributed by atoms with Crippen molar-refractivity contribution in [1.82, 2.24) is 10.2 Å². The topological polar surface area (TPSA) is 61.4 Å². The molecule has 1 saturated heterocycles. The summed E-state index contributed by atoms with van der Waals surface area (Å²) in [7, 11) is 0. The van der Waals surface area contributed by atoms with E-state index in [0.29, 0.717) is 25.0 Å². The lowest BCUT2D eigenvalue weighted by Gasteiger charge is -2.31. The first kappa shape index (κ1) is 16.8. The summed E-state index contributed by atoms with van der Waals surface area (Å²) in [5, 5.41) is 6.10. The number of urea groups is 1. The van der Waals surface area contributed by atoms with E-state index in [4.69, 9.17) is 0 Å². The number of carbonyl (C=O) groups is 2. The molecule has 2 fully saturated rings. The molecule has 5 heteroatoms. The molecule has 5 nitrogen and oxygen atoms in total. The molecule has 1 aromatic carbocycles. The van der Waals surface area contributed by atoms with Crippen LogP contribution in [0.5, 0.6) is 0 Å². The quantitative estimate of drug-likeness (QED) is 0.890. The molecular formula is C19H27N3O2. The number of para-hydroxylation sites is 1. The highest BCUT2D eigenvalue weighted by molar-refractivity contribution is 5.93. The van der Waals surface area contributed by atoms with Crippen LogP contribution < -0.4 is 10.6 Å². The molecule has 24 heavy (non-hydrogen) atoms. The van der Waals surface area contributed by atoms with E-state index >= 15 is 0 Å². The lowest BCUT2D eigenvalue weighted by Crippen LogP contribution is -2.46. The van der Waals surface area contributed by atoms with E-state index in [-0.39, 0.29) is 17.9 Å². The largest absolute Gasteiger partial charge is 0.335 e. The van der Waals surface area contributed by atoms with E-state index in [0.717, 1.165) is 36.9 Å². The minimum atomic E-state index is -0.0183. The summed E-state index contributed by atoms with van der Waals surface area (Å²) in [4.78, 5) is 26.5. The minimum absolute atomic E-state index is 0.0183. The zero-order valence-corrected chi connectivity index (χ0v) is 14.5. The van der Waals surface area contributed by atoms with Crippen molar-refractivity contribution in [2.75, 3.05) is 18.4 Å². The third kappa shape index (κ3) is 4.08. The zero-order chi connectivity index (χ0) is 17.1. The van der Waals surface area contributed by atoms with Gasteiger partial charge in [-0.05, 0) is 43.2 Å². The average Bonchev–Trinajstić information content (AvgIpc) is 3.39. The first-order valence-corrected chi connectivity index (χ1v) is 9.00. The van der Waals surface area contributed by atoms with Gasteiger partial charge < -0.3 is 15.5 Å². The molecular weight excluding hydrogens is 302 g/mol. The van der Waals surface area contributed by atoms with E-state index < -0.39 is 0 Å². The number of amides is 3. The SMILES string of the molecule is CC(C)c1ccccc1NC(=O)C1CCN(C(=O)NC2CC2)CC1. The third-order valence-corrected chi connectivity index (χ3v) is 4.90. The monoisotopic (exact) mass is 329 g/mol. The van der Waals surface area contributed by atoms with E-state index in [2.05, 4.69) is 30.5 Å². The van der Waals surface area contributed by atoms with Crippen molar-refractivity contribution < 1.29 is 9.59 Å². The standard InChI is InChI=1S/C19H27N3O2/c1-13(2)16-5-3-4-6-17(16)21-18(23)14-9-11-22(12-10-14)19(24)20-15-7-8-15/h3-6,13-15H,7-12H2,1-2H3,(H,20,24)(H,21,23). The summed E-state index contributed by atoms with van der Waals surface area (Å²) in [6.07, 6.45) is 3.65. The van der Waals surface area contributed by atoms with Crippen molar-refractivity contribution >= 4 is 17.6 Å². The van der Waals surface area contributed by atoms with E-state index in [1.807, 2.05) is 23.1 Å². The summed E-state index contributed by atoms with van der Waals surface area (Å²) < 4.78 is 0. The molecule has 3 amide bonds. The van der Waals surface area contributed by atoms with Crippen LogP contribution >= 0.6 is 0 Å². The fraction of sp³-hybridized carbons (Fsp3) is 0.579. The Hall–Kier alpha value is -2.04. The maximum absolute atomic E-state index is 12.6. The molecule has 1 aliphatic carbocycles. The molecule has 0 aromatic heterocycles. The van der Waals surface area contributed by atoms with E-state index in [9.17, 15) is 9.59 Å². The molecule has 3 rings (SSSR count). The van der Waals surface area contributed by atoms with Gasteiger partial charge in [-0.25, -0.2) is 4.79 Å². The maximum atomic E-state index is 12.6. The van der Waals surface area contributed by atoms with Crippen LogP contribution in [0.4, 0.5) is 10.5 Å². The highest BCUT2D eigenvalue weighted by Crippen LogP contribution is 2.26. The second kappa shape index (κ2) is 7.24. The van der Waals surface area contributed by atoms with Crippen LogP contribution in [-0.2, 0) is 4.79 Å². The van der Waals surface area contributed by atoms with Crippen LogP contribution in [0.2, 0.25) is 0 Å². The normalized spacial score (nSPS) is 18.5. The second-order valence-corrected chi connectivity index (χ2v) is 7.22. The number of likely N-dealkylation sites (tertiary alicyclic amines) is 1. The molecule has 2 aliphatic rings. The number of nitrogens with zero attached hydrogens (tertiary/aromatic N) is 1. The van der Waals surface area contributed by atoms with Crippen molar-refractivity contribution in [3.63, 3.8) is 0 Å². The van der Waals surface area contributed by atoms with Crippen LogP contribution in [0.25, 0.3) is 0 Å². The fourth-order valence-electron chi connectivity index (χ4n) is 3.19. The summed E-state index contributed by atoms with van der Waals surface area (Å²) >= 11 is 0. The Morgan fingerprint density at radius 1 is 1.08 bits per heavy atom. The molecule has 0 unspecified atom stereocenters. The summed E-state index contributed by atoms with van der Waals surface area (Å²) in [5.41, 5.74) is 2.07. The predicted molar refractivity (Wildman–Crippen MR) is 95.0 cm³/mol. The average molecular weight is 329 g/mol. The molecule has 1 aliphatic heterocycles. The summed E-state index contributed by atoms with van der Waals surface area (Å²) in [6.45, 7) is 5.56. The van der Waals surface area contributed by atoms with Crippen molar-refractivity contribution in [2.45, 2.75) is 51.5 Å². The van der Waals surface area contributed by atoms with Gasteiger partial charge in [0.15, 0.2) is 0 Å². The van der Waals surface area contributed by atoms with Gasteiger partial charge in [-0.1, -0.05) is 32.0 Å². The van der Waals surface area contributed by atoms with Crippen LogP contribution in [0.15, 0.2) is 24.3 Å². The van der Waals surface area contributed by atoms with Gasteiger partial charge >= 0.3 is 6.03 Å². The highest BCUT2D eigenvalue weighted by Gasteiger charge is 2.30. The second-order valence-electron chi connectivity index (χ2n) is 7.22. The van der Waals surface area contributed by atoms with Gasteiger partial charge in [0, 0.05) is 30.7 Å². The number of carbonyl (C=O) groups excluding carboxylic acids is 2. The number of benzene rings is 1. The Labute approximate surface area is 143 Å². The molecule has 1 heterocycles. The van der Waals surface area contributed by atoms with Crippen LogP contribution in [0.1, 0.15) is 51.0 Å². The summed E-state index contributed by atoms with van der Waals surface area (Å²) in [6, 6.07) is 8.39. The number of nitrogens with one attached hydrogen (secondary N) is 2. The first-order valence-electron chi connectivity index (χ1n) is 9.00. The molecule has 1 saturated carbocycles. The zero-order valence-electron chi connectivity index (χ0n) is 14.5. The first-order chi connectivity index (χ1) is 11.5. The molecule has 2 N–H and O–H groups in total. The predicted octanol–water partition coefficient (Wildman–Crippen LogP) is 3.33. The van der Waals surface area contributed by atoms with Gasteiger partial charge in [-0.3, -0.25) is 4.79 Å². The van der Waals surface area contributed by atoms with E-state index in [1.165, 1.54) is 0 Å². The molecule has 130 valence electrons. The van der Waals surface area contributed by atoms with E-state index in [1.54, 1.807) is 0 Å². The number of piperidine rings is 1. The van der Waals surface area contributed by atoms with Gasteiger partial charge in [-0.15, -0.1) is 0 Å². The Morgan fingerprint density at radius 2 is 1.75 bits per heavy atom. The smallest absolute Gasteiger partial charge is 0.317 e. The lowest BCUT2D eigenvalue weighted by atomic mass is 9.95. The van der Waals surface area contributed by atoms with Crippen LogP contribution in [0, 0.1) is 5.92 Å². The van der Waals surface area contributed by atoms with Crippen molar-refractivity contribution in [1.29, 1.82) is 0 Å². The van der Waals surface area contributed by atoms with Gasteiger partial charge in [0.2, 0.25) is 5.91 Å². The Kier molecular flexibility index (Phi) is 5.07. The molecule has 0 radical (unpaired) electrons. The van der Waals surface area contributed by atoms with Gasteiger partial charge in [0.25, 0.3) is 0 Å². The third-order valence-electron chi connectivity index (χ3n) is 4.90. The van der Waals surface area contributed by atoms with Crippen molar-refractivity contribution in [3.8, 4) is 0 Å². The van der Waals surface area contributed by atoms with Crippen molar-refractivity contribution in [2.24, 2.45) is 5.92 Å². The van der Waals surface area contributed by atoms with Crippen LogP contribution in [-0.4, -0.2) is 36.0 Å². The molecule has 0 bridgehead atoms. The fourth-order valence-corrected chi connectivity index (χ4v) is 3.19. The maximum Gasteiger partial charge on any atom is 0.317 e. The summed E-state index contributed by atoms with van der Waals surface area (Å²) in [5.74, 6) is 0.426. The van der Waals surface area contributed by atoms with Crippen LogP contribution in [0.3, 0.4) is 0 Å². The van der Waals surface area contributed by atoms with Gasteiger partial charge in [-0.2, -0.15) is 0 Å². The molecule has 1 aromatic rings. The minimum Gasteiger partial charge on any atom is -0.335 e. The Balaban J connectivity index is 1.53.